The van der Waals surface area contributed by atoms with Crippen molar-refractivity contribution in [2.45, 2.75) is 39.3 Å². The van der Waals surface area contributed by atoms with Crippen molar-refractivity contribution < 1.29 is 9.84 Å². The fraction of sp³-hybridized carbons (Fsp3) is 1.00. The number of ether oxygens (including phenoxy) is 1. The van der Waals surface area contributed by atoms with Crippen molar-refractivity contribution in [3.8, 4) is 0 Å². The van der Waals surface area contributed by atoms with Crippen molar-refractivity contribution in [2.75, 3.05) is 13.2 Å². The fourth-order valence-corrected chi connectivity index (χ4v) is 0.560. The predicted molar refractivity (Wildman–Crippen MR) is 49.9 cm³/mol. The van der Waals surface area contributed by atoms with E-state index in [1.165, 1.54) is 0 Å². The van der Waals surface area contributed by atoms with Crippen molar-refractivity contribution in [1.82, 2.24) is 0 Å². The first-order valence-corrected chi connectivity index (χ1v) is 4.40. The summed E-state index contributed by atoms with van der Waals surface area (Å²) in [7, 11) is 0. The van der Waals surface area contributed by atoms with Gasteiger partial charge in [0.05, 0.1) is 24.9 Å². The van der Waals surface area contributed by atoms with Gasteiger partial charge in [-0.25, -0.2) is 0 Å². The normalized spacial score (nSPS) is 19.2. The van der Waals surface area contributed by atoms with E-state index in [0.29, 0.717) is 12.5 Å². The third-order valence-corrected chi connectivity index (χ3v) is 1.98. The van der Waals surface area contributed by atoms with Gasteiger partial charge in [0, 0.05) is 0 Å². The lowest BCUT2D eigenvalue weighted by molar-refractivity contribution is -0.00374. The van der Waals surface area contributed by atoms with E-state index in [2.05, 4.69) is 13.8 Å². The summed E-state index contributed by atoms with van der Waals surface area (Å²) in [6.07, 6.45) is 0.194. The van der Waals surface area contributed by atoms with Crippen LogP contribution in [0.5, 0.6) is 0 Å². The number of hydrogen-bond donors (Lipinski definition) is 2. The highest BCUT2D eigenvalue weighted by Crippen LogP contribution is 2.08. The minimum absolute atomic E-state index is 0.0438. The van der Waals surface area contributed by atoms with Crippen molar-refractivity contribution in [3.05, 3.63) is 0 Å². The van der Waals surface area contributed by atoms with E-state index in [1.54, 1.807) is 6.92 Å². The molecule has 0 aromatic heterocycles. The van der Waals surface area contributed by atoms with Gasteiger partial charge in [0.2, 0.25) is 0 Å². The molecular weight excluding hydrogens is 154 g/mol. The van der Waals surface area contributed by atoms with Crippen molar-refractivity contribution in [2.24, 2.45) is 11.7 Å². The van der Waals surface area contributed by atoms with Gasteiger partial charge in [-0.05, 0) is 19.8 Å². The van der Waals surface area contributed by atoms with Gasteiger partial charge < -0.3 is 15.6 Å². The molecule has 0 rings (SSSR count). The van der Waals surface area contributed by atoms with Gasteiger partial charge >= 0.3 is 0 Å². The number of hydrogen-bond acceptors (Lipinski definition) is 3. The average molecular weight is 175 g/mol. The van der Waals surface area contributed by atoms with E-state index in [9.17, 15) is 0 Å². The third-order valence-electron chi connectivity index (χ3n) is 1.98. The molecule has 3 N–H and O–H groups in total. The molecule has 2 atom stereocenters. The largest absolute Gasteiger partial charge is 0.394 e. The minimum Gasteiger partial charge on any atom is -0.394 e. The summed E-state index contributed by atoms with van der Waals surface area (Å²) in [5, 5.41) is 8.84. The Hall–Kier alpha value is -0.120. The Kier molecular flexibility index (Phi) is 4.75. The van der Waals surface area contributed by atoms with E-state index in [-0.39, 0.29) is 12.7 Å². The highest BCUT2D eigenvalue weighted by Gasteiger charge is 2.19. The van der Waals surface area contributed by atoms with Crippen molar-refractivity contribution >= 4 is 0 Å². The van der Waals surface area contributed by atoms with Gasteiger partial charge in [-0.15, -0.1) is 0 Å². The number of aliphatic hydroxyl groups is 1. The molecule has 3 heteroatoms. The molecule has 0 spiro atoms. The molecular formula is C9H21NO2. The second kappa shape index (κ2) is 4.80. The Morgan fingerprint density at radius 2 is 1.92 bits per heavy atom. The maximum Gasteiger partial charge on any atom is 0.0669 e. The van der Waals surface area contributed by atoms with Crippen LogP contribution in [0.3, 0.4) is 0 Å². The number of nitrogens with two attached hydrogens (primary N) is 1. The maximum atomic E-state index is 8.84. The number of rotatable bonds is 5. The molecule has 74 valence electrons. The van der Waals surface area contributed by atoms with E-state index < -0.39 is 5.54 Å². The molecule has 0 aromatic carbocycles. The smallest absolute Gasteiger partial charge is 0.0669 e. The monoisotopic (exact) mass is 175 g/mol. The first-order chi connectivity index (χ1) is 5.39. The number of aliphatic hydroxyl groups excluding tert-OH is 1. The Bertz CT molecular complexity index is 124. The standard InChI is InChI=1S/C9H21NO2/c1-7(2)8(3)12-6-9(4,10)5-11/h7-8,11H,5-6,10H2,1-4H3. The zero-order chi connectivity index (χ0) is 9.78. The van der Waals surface area contributed by atoms with E-state index >= 15 is 0 Å². The van der Waals surface area contributed by atoms with Gasteiger partial charge in [0.15, 0.2) is 0 Å². The zero-order valence-corrected chi connectivity index (χ0v) is 8.50. The van der Waals surface area contributed by atoms with Crippen LogP contribution in [0.15, 0.2) is 0 Å². The molecule has 0 amide bonds. The zero-order valence-electron chi connectivity index (χ0n) is 8.50. The maximum absolute atomic E-state index is 8.84. The summed E-state index contributed by atoms with van der Waals surface area (Å²) in [4.78, 5) is 0. The van der Waals surface area contributed by atoms with Crippen LogP contribution in [0.2, 0.25) is 0 Å². The summed E-state index contributed by atoms with van der Waals surface area (Å²) in [6, 6.07) is 0. The van der Waals surface area contributed by atoms with Crippen molar-refractivity contribution in [3.63, 3.8) is 0 Å². The second-order valence-corrected chi connectivity index (χ2v) is 4.07. The van der Waals surface area contributed by atoms with Crippen LogP contribution in [-0.4, -0.2) is 30.0 Å². The Labute approximate surface area is 74.9 Å². The molecule has 0 radical (unpaired) electrons. The SMILES string of the molecule is CC(C)C(C)OCC(C)(N)CO. The molecule has 0 saturated heterocycles. The predicted octanol–water partition coefficient (Wildman–Crippen LogP) is 0.757. The van der Waals surface area contributed by atoms with Crippen LogP contribution < -0.4 is 5.73 Å². The van der Waals surface area contributed by atoms with E-state index in [4.69, 9.17) is 15.6 Å². The molecule has 2 unspecified atom stereocenters. The minimum atomic E-state index is -0.608. The topological polar surface area (TPSA) is 55.5 Å². The van der Waals surface area contributed by atoms with Gasteiger partial charge in [-0.1, -0.05) is 13.8 Å². The fourth-order valence-electron chi connectivity index (χ4n) is 0.560. The van der Waals surface area contributed by atoms with Gasteiger partial charge in [0.25, 0.3) is 0 Å². The van der Waals surface area contributed by atoms with Crippen LogP contribution in [-0.2, 0) is 4.74 Å². The molecule has 12 heavy (non-hydrogen) atoms. The summed E-state index contributed by atoms with van der Waals surface area (Å²) in [5.41, 5.74) is 5.08. The lowest BCUT2D eigenvalue weighted by Crippen LogP contribution is -2.46. The van der Waals surface area contributed by atoms with Crippen LogP contribution in [0.1, 0.15) is 27.7 Å². The summed E-state index contributed by atoms with van der Waals surface area (Å²) in [6.45, 7) is 8.34. The molecule has 3 nitrogen and oxygen atoms in total. The van der Waals surface area contributed by atoms with Crippen LogP contribution in [0.25, 0.3) is 0 Å². The van der Waals surface area contributed by atoms with Gasteiger partial charge in [-0.3, -0.25) is 0 Å². The van der Waals surface area contributed by atoms with Crippen LogP contribution in [0, 0.1) is 5.92 Å². The first kappa shape index (κ1) is 11.9. The molecule has 0 aromatic rings. The molecule has 0 bridgehead atoms. The second-order valence-electron chi connectivity index (χ2n) is 4.07. The van der Waals surface area contributed by atoms with Gasteiger partial charge in [-0.2, -0.15) is 0 Å². The highest BCUT2D eigenvalue weighted by atomic mass is 16.5. The lowest BCUT2D eigenvalue weighted by atomic mass is 10.1. The van der Waals surface area contributed by atoms with E-state index in [1.807, 2.05) is 6.92 Å². The molecule has 0 aliphatic heterocycles. The quantitative estimate of drug-likeness (QED) is 0.648. The molecule has 0 saturated carbocycles. The Morgan fingerprint density at radius 1 is 1.42 bits per heavy atom. The molecule has 0 aliphatic carbocycles. The Morgan fingerprint density at radius 3 is 2.25 bits per heavy atom. The highest BCUT2D eigenvalue weighted by molar-refractivity contribution is 4.77. The van der Waals surface area contributed by atoms with Gasteiger partial charge in [0.1, 0.15) is 0 Å². The molecule has 0 aliphatic rings. The van der Waals surface area contributed by atoms with E-state index in [0.717, 1.165) is 0 Å². The average Bonchev–Trinajstić information content (AvgIpc) is 2.00. The summed E-state index contributed by atoms with van der Waals surface area (Å²) in [5.74, 6) is 0.486. The van der Waals surface area contributed by atoms with Crippen LogP contribution >= 0.6 is 0 Å². The first-order valence-electron chi connectivity index (χ1n) is 4.40. The Balaban J connectivity index is 3.67. The summed E-state index contributed by atoms with van der Waals surface area (Å²) >= 11 is 0. The molecule has 0 fully saturated rings. The lowest BCUT2D eigenvalue weighted by Gasteiger charge is -2.25. The van der Waals surface area contributed by atoms with Crippen molar-refractivity contribution in [1.29, 1.82) is 0 Å². The van der Waals surface area contributed by atoms with Crippen LogP contribution in [0.4, 0.5) is 0 Å². The summed E-state index contributed by atoms with van der Waals surface area (Å²) < 4.78 is 5.47. The third kappa shape index (κ3) is 4.70. The molecule has 0 heterocycles.